The Morgan fingerprint density at radius 1 is 1.03 bits per heavy atom. The van der Waals surface area contributed by atoms with Crippen molar-refractivity contribution < 1.29 is 23.1 Å². The zero-order valence-corrected chi connectivity index (χ0v) is 24.0. The molecule has 0 radical (unpaired) electrons. The molecule has 0 saturated carbocycles. The predicted octanol–water partition coefficient (Wildman–Crippen LogP) is 3.69. The number of nitrogens with two attached hydrogens (primary N) is 1. The van der Waals surface area contributed by atoms with Crippen molar-refractivity contribution >= 4 is 33.3 Å². The molecule has 1 unspecified atom stereocenters. The number of carbonyl (C=O) groups excluding carboxylic acids is 2. The number of halogens is 1. The van der Waals surface area contributed by atoms with Crippen molar-refractivity contribution in [2.75, 3.05) is 12.3 Å². The molecule has 0 bridgehead atoms. The molecule has 2 atom stereocenters. The number of benzene rings is 2. The summed E-state index contributed by atoms with van der Waals surface area (Å²) in [6, 6.07) is 12.4. The topological polar surface area (TPSA) is 130 Å². The van der Waals surface area contributed by atoms with Crippen molar-refractivity contribution in [1.29, 1.82) is 0 Å². The number of rotatable bonds is 15. The van der Waals surface area contributed by atoms with Gasteiger partial charge in [-0.25, -0.2) is 8.42 Å². The van der Waals surface area contributed by atoms with Crippen molar-refractivity contribution in [2.45, 2.75) is 76.9 Å². The molecule has 2 rings (SSSR count). The Balaban J connectivity index is 2.44. The lowest BCUT2D eigenvalue weighted by Gasteiger charge is -2.30. The summed E-state index contributed by atoms with van der Waals surface area (Å²) in [6.07, 6.45) is 1.74. The predicted molar refractivity (Wildman–Crippen MR) is 152 cm³/mol. The summed E-state index contributed by atoms with van der Waals surface area (Å²) >= 11 is 6.04. The van der Waals surface area contributed by atoms with Crippen LogP contribution >= 0.6 is 11.6 Å². The van der Waals surface area contributed by atoms with Crippen LogP contribution in [0.15, 0.2) is 48.5 Å². The van der Waals surface area contributed by atoms with Gasteiger partial charge in [0.15, 0.2) is 9.84 Å². The van der Waals surface area contributed by atoms with E-state index in [1.165, 1.54) is 17.0 Å². The van der Waals surface area contributed by atoms with Crippen LogP contribution in [0.2, 0.25) is 5.02 Å². The quantitative estimate of drug-likeness (QED) is 0.282. The summed E-state index contributed by atoms with van der Waals surface area (Å²) in [5, 5.41) is 12.3. The third kappa shape index (κ3) is 9.69. The van der Waals surface area contributed by atoms with Crippen LogP contribution in [0.4, 0.5) is 0 Å². The number of aliphatic hydroxyl groups is 1. The second-order valence-electron chi connectivity index (χ2n) is 9.52. The van der Waals surface area contributed by atoms with Crippen LogP contribution in [0.5, 0.6) is 0 Å². The summed E-state index contributed by atoms with van der Waals surface area (Å²) < 4.78 is 26.9. The van der Waals surface area contributed by atoms with E-state index >= 15 is 0 Å². The number of hydrogen-bond acceptors (Lipinski definition) is 6. The molecular weight excluding hydrogens is 526 g/mol. The Bertz CT molecular complexity index is 1170. The van der Waals surface area contributed by atoms with Gasteiger partial charge in [0.2, 0.25) is 5.91 Å². The normalized spacial score (nSPS) is 13.2. The second kappa shape index (κ2) is 15.2. The van der Waals surface area contributed by atoms with E-state index in [1.54, 1.807) is 12.1 Å². The molecule has 2 aromatic carbocycles. The van der Waals surface area contributed by atoms with Gasteiger partial charge < -0.3 is 21.1 Å². The lowest BCUT2D eigenvalue weighted by molar-refractivity contribution is -0.134. The Hall–Kier alpha value is -2.46. The number of amides is 2. The van der Waals surface area contributed by atoms with Gasteiger partial charge in [0.25, 0.3) is 5.91 Å². The smallest absolute Gasteiger partial charge is 0.252 e. The number of sulfone groups is 1. The lowest BCUT2D eigenvalue weighted by Crippen LogP contribution is -2.54. The van der Waals surface area contributed by atoms with E-state index in [0.29, 0.717) is 30.7 Å². The molecule has 0 fully saturated rings. The molecule has 0 aromatic heterocycles. The highest BCUT2D eigenvalue weighted by atomic mass is 35.5. The van der Waals surface area contributed by atoms with Crippen molar-refractivity contribution in [3.05, 3.63) is 70.2 Å². The molecule has 0 aliphatic rings. The van der Waals surface area contributed by atoms with Gasteiger partial charge >= 0.3 is 0 Å². The molecule has 0 aliphatic heterocycles. The fraction of sp³-hybridized carbons (Fsp3) is 0.500. The first-order valence-corrected chi connectivity index (χ1v) is 15.2. The number of aliphatic hydroxyl groups excluding tert-OH is 1. The first-order valence-electron chi connectivity index (χ1n) is 13.1. The molecule has 2 aromatic rings. The van der Waals surface area contributed by atoms with E-state index in [9.17, 15) is 23.1 Å². The number of nitrogens with zero attached hydrogens (tertiary/aromatic N) is 1. The molecule has 0 aliphatic carbocycles. The van der Waals surface area contributed by atoms with E-state index < -0.39 is 44.9 Å². The summed E-state index contributed by atoms with van der Waals surface area (Å²) in [5.74, 6) is -1.82. The van der Waals surface area contributed by atoms with Crippen LogP contribution in [0.3, 0.4) is 0 Å². The summed E-state index contributed by atoms with van der Waals surface area (Å²) in [7, 11) is -3.75. The van der Waals surface area contributed by atoms with Crippen LogP contribution in [0.25, 0.3) is 0 Å². The maximum Gasteiger partial charge on any atom is 0.252 e. The van der Waals surface area contributed by atoms with Crippen LogP contribution in [0, 0.1) is 0 Å². The van der Waals surface area contributed by atoms with Gasteiger partial charge in [-0.15, -0.1) is 0 Å². The van der Waals surface area contributed by atoms with Crippen molar-refractivity contribution in [1.82, 2.24) is 10.2 Å². The third-order valence-electron chi connectivity index (χ3n) is 6.31. The Labute approximate surface area is 231 Å². The van der Waals surface area contributed by atoms with E-state index in [4.69, 9.17) is 17.3 Å². The highest BCUT2D eigenvalue weighted by Crippen LogP contribution is 2.19. The summed E-state index contributed by atoms with van der Waals surface area (Å²) in [4.78, 5) is 28.2. The average Bonchev–Trinajstić information content (AvgIpc) is 2.87. The van der Waals surface area contributed by atoms with Crippen LogP contribution in [-0.4, -0.2) is 60.1 Å². The highest BCUT2D eigenvalue weighted by molar-refractivity contribution is 7.92. The molecular formula is C28H40ClN3O5S. The molecule has 0 heterocycles. The molecule has 10 heteroatoms. The zero-order chi connectivity index (χ0) is 28.3. The van der Waals surface area contributed by atoms with E-state index in [0.717, 1.165) is 17.5 Å². The Morgan fingerprint density at radius 2 is 1.66 bits per heavy atom. The molecule has 4 N–H and O–H groups in total. The average molecular weight is 566 g/mol. The van der Waals surface area contributed by atoms with E-state index in [2.05, 4.69) is 5.32 Å². The monoisotopic (exact) mass is 565 g/mol. The SMILES string of the molecule is CCCC(CCC)S(=O)(=O)CC(NC(=O)c1cccc(Cl)c1)C(=O)N(Cc1cccc(CC)c1)C[C@H](N)O. The minimum atomic E-state index is -3.75. The van der Waals surface area contributed by atoms with E-state index in [-0.39, 0.29) is 18.7 Å². The van der Waals surface area contributed by atoms with E-state index in [1.807, 2.05) is 45.0 Å². The fourth-order valence-corrected chi connectivity index (χ4v) is 6.75. The zero-order valence-electron chi connectivity index (χ0n) is 22.4. The van der Waals surface area contributed by atoms with Gasteiger partial charge in [0.1, 0.15) is 12.3 Å². The van der Waals surface area contributed by atoms with Gasteiger partial charge in [-0.05, 0) is 48.6 Å². The van der Waals surface area contributed by atoms with Gasteiger partial charge in [0.05, 0.1) is 17.5 Å². The first kappa shape index (κ1) is 31.8. The minimum absolute atomic E-state index is 0.0951. The van der Waals surface area contributed by atoms with Crippen LogP contribution in [0.1, 0.15) is 67.9 Å². The standard InChI is InChI=1S/C28H40ClN3O5S/c1-4-9-24(10-5-2)38(36,37)19-25(31-27(34)22-13-8-14-23(29)16-22)28(35)32(18-26(30)33)17-21-12-7-11-20(6-3)15-21/h7-8,11-16,24-26,33H,4-6,9-10,17-19,30H2,1-3H3,(H,31,34)/t25?,26-/m1/s1. The van der Waals surface area contributed by atoms with Crippen molar-refractivity contribution in [3.8, 4) is 0 Å². The lowest BCUT2D eigenvalue weighted by atomic mass is 10.1. The van der Waals surface area contributed by atoms with Gasteiger partial charge in [-0.1, -0.05) is 75.5 Å². The van der Waals surface area contributed by atoms with Crippen LogP contribution in [-0.2, 0) is 27.6 Å². The number of nitrogens with one attached hydrogen (secondary N) is 1. The maximum atomic E-state index is 13.8. The molecule has 2 amide bonds. The van der Waals surface area contributed by atoms with Crippen LogP contribution < -0.4 is 11.1 Å². The summed E-state index contributed by atoms with van der Waals surface area (Å²) in [5.41, 5.74) is 7.72. The Kier molecular flexibility index (Phi) is 12.7. The van der Waals surface area contributed by atoms with Gasteiger partial charge in [0, 0.05) is 17.1 Å². The molecule has 38 heavy (non-hydrogen) atoms. The van der Waals surface area contributed by atoms with Crippen molar-refractivity contribution in [3.63, 3.8) is 0 Å². The molecule has 8 nitrogen and oxygen atoms in total. The number of aryl methyl sites for hydroxylation is 1. The minimum Gasteiger partial charge on any atom is -0.377 e. The first-order chi connectivity index (χ1) is 18.0. The maximum absolute atomic E-state index is 13.8. The Morgan fingerprint density at radius 3 is 2.24 bits per heavy atom. The van der Waals surface area contributed by atoms with Gasteiger partial charge in [-0.3, -0.25) is 9.59 Å². The number of carbonyl (C=O) groups is 2. The third-order valence-corrected chi connectivity index (χ3v) is 8.83. The molecule has 0 spiro atoms. The highest BCUT2D eigenvalue weighted by Gasteiger charge is 2.35. The molecule has 0 saturated heterocycles. The second-order valence-corrected chi connectivity index (χ2v) is 12.3. The fourth-order valence-electron chi connectivity index (χ4n) is 4.41. The number of hydrogen-bond donors (Lipinski definition) is 3. The van der Waals surface area contributed by atoms with Gasteiger partial charge in [-0.2, -0.15) is 0 Å². The largest absolute Gasteiger partial charge is 0.377 e. The van der Waals surface area contributed by atoms with Crippen molar-refractivity contribution in [2.24, 2.45) is 5.73 Å². The molecule has 210 valence electrons. The summed E-state index contributed by atoms with van der Waals surface area (Å²) in [6.45, 7) is 5.71.